The summed E-state index contributed by atoms with van der Waals surface area (Å²) in [6.45, 7) is 13.3. The summed E-state index contributed by atoms with van der Waals surface area (Å²) in [4.78, 5) is 0. The lowest BCUT2D eigenvalue weighted by atomic mass is 10.1. The number of rotatable bonds is 27. The van der Waals surface area contributed by atoms with E-state index in [0.29, 0.717) is 98.6 Å². The van der Waals surface area contributed by atoms with Crippen LogP contribution in [0.4, 0.5) is 0 Å². The van der Waals surface area contributed by atoms with Crippen molar-refractivity contribution >= 4 is 0 Å². The highest BCUT2D eigenvalue weighted by atomic mass is 16.6. The third-order valence-electron chi connectivity index (χ3n) is 5.24. The fourth-order valence-electron chi connectivity index (χ4n) is 3.29. The third kappa shape index (κ3) is 23.4. The number of hydrogen-bond acceptors (Lipinski definition) is 9. The van der Waals surface area contributed by atoms with E-state index >= 15 is 0 Å². The van der Waals surface area contributed by atoms with Gasteiger partial charge in [0.05, 0.1) is 98.6 Å². The highest BCUT2D eigenvalue weighted by molar-refractivity contribution is 4.67. The molecule has 1 heterocycles. The van der Waals surface area contributed by atoms with Crippen molar-refractivity contribution in [1.82, 2.24) is 5.32 Å². The highest BCUT2D eigenvalue weighted by Gasteiger charge is 2.12. The molecule has 0 radical (unpaired) electrons. The van der Waals surface area contributed by atoms with E-state index in [-0.39, 0.29) is 0 Å². The first-order valence-corrected chi connectivity index (χ1v) is 13.3. The Hall–Kier alpha value is -0.360. The molecule has 9 nitrogen and oxygen atoms in total. The van der Waals surface area contributed by atoms with Crippen LogP contribution in [0.1, 0.15) is 45.4 Å². The molecule has 1 fully saturated rings. The molecule has 34 heavy (non-hydrogen) atoms. The molecule has 0 bridgehead atoms. The van der Waals surface area contributed by atoms with Crippen molar-refractivity contribution in [2.75, 3.05) is 112 Å². The van der Waals surface area contributed by atoms with Crippen molar-refractivity contribution in [2.45, 2.75) is 51.6 Å². The summed E-state index contributed by atoms with van der Waals surface area (Å²) in [6, 6.07) is 0. The van der Waals surface area contributed by atoms with Crippen molar-refractivity contribution in [1.29, 1.82) is 0 Å². The molecule has 0 amide bonds. The number of piperidine rings is 1. The minimum absolute atomic E-state index is 0.384. The predicted molar refractivity (Wildman–Crippen MR) is 132 cm³/mol. The molecule has 0 atom stereocenters. The zero-order valence-electron chi connectivity index (χ0n) is 21.6. The van der Waals surface area contributed by atoms with Gasteiger partial charge >= 0.3 is 0 Å². The lowest BCUT2D eigenvalue weighted by Crippen LogP contribution is -2.33. The molecule has 0 aromatic carbocycles. The first-order valence-electron chi connectivity index (χ1n) is 13.3. The van der Waals surface area contributed by atoms with Crippen molar-refractivity contribution in [2.24, 2.45) is 0 Å². The van der Waals surface area contributed by atoms with Crippen LogP contribution in [-0.2, 0) is 37.9 Å². The molecule has 0 unspecified atom stereocenters. The van der Waals surface area contributed by atoms with Crippen LogP contribution in [0.2, 0.25) is 0 Å². The molecule has 1 rings (SSSR count). The van der Waals surface area contributed by atoms with Crippen LogP contribution in [0.15, 0.2) is 0 Å². The van der Waals surface area contributed by atoms with Crippen molar-refractivity contribution in [3.05, 3.63) is 0 Å². The Balaban J connectivity index is 1.61. The molecule has 9 heteroatoms. The Morgan fingerprint density at radius 2 is 0.853 bits per heavy atom. The number of ether oxygens (including phenoxy) is 8. The van der Waals surface area contributed by atoms with E-state index in [9.17, 15) is 0 Å². The second-order valence-electron chi connectivity index (χ2n) is 8.17. The van der Waals surface area contributed by atoms with E-state index in [4.69, 9.17) is 37.9 Å². The third-order valence-corrected chi connectivity index (χ3v) is 5.24. The van der Waals surface area contributed by atoms with Crippen molar-refractivity contribution in [3.8, 4) is 0 Å². The molecule has 1 saturated heterocycles. The van der Waals surface area contributed by atoms with E-state index in [1.807, 2.05) is 0 Å². The van der Waals surface area contributed by atoms with Gasteiger partial charge < -0.3 is 43.2 Å². The Labute approximate surface area is 207 Å². The first kappa shape index (κ1) is 31.7. The van der Waals surface area contributed by atoms with E-state index in [1.165, 1.54) is 19.3 Å². The lowest BCUT2D eigenvalue weighted by Gasteiger charge is -2.22. The van der Waals surface area contributed by atoms with Gasteiger partial charge in [-0.05, 0) is 32.4 Å². The van der Waals surface area contributed by atoms with Crippen LogP contribution in [0.5, 0.6) is 0 Å². The number of hydrogen-bond donors (Lipinski definition) is 1. The SMILES string of the molecule is CCCCCCOCCOCCOCCOCCOCCOCCOCCOC1CCNCC1. The molecule has 0 saturated carbocycles. The van der Waals surface area contributed by atoms with Gasteiger partial charge in [0.25, 0.3) is 0 Å². The summed E-state index contributed by atoms with van der Waals surface area (Å²) in [5.41, 5.74) is 0. The van der Waals surface area contributed by atoms with Gasteiger partial charge in [0.15, 0.2) is 0 Å². The van der Waals surface area contributed by atoms with E-state index < -0.39 is 0 Å². The van der Waals surface area contributed by atoms with Crippen LogP contribution >= 0.6 is 0 Å². The molecule has 1 aliphatic rings. The summed E-state index contributed by atoms with van der Waals surface area (Å²) in [5.74, 6) is 0. The zero-order chi connectivity index (χ0) is 24.2. The van der Waals surface area contributed by atoms with Crippen LogP contribution in [0, 0.1) is 0 Å². The summed E-state index contributed by atoms with van der Waals surface area (Å²) >= 11 is 0. The van der Waals surface area contributed by atoms with Gasteiger partial charge in [-0.3, -0.25) is 0 Å². The summed E-state index contributed by atoms with van der Waals surface area (Å²) < 4.78 is 44.2. The van der Waals surface area contributed by atoms with Gasteiger partial charge in [-0.25, -0.2) is 0 Å². The lowest BCUT2D eigenvalue weighted by molar-refractivity contribution is -0.0313. The maximum atomic E-state index is 5.78. The molecule has 1 aliphatic heterocycles. The summed E-state index contributed by atoms with van der Waals surface area (Å²) in [6.07, 6.45) is 7.50. The molecule has 0 aliphatic carbocycles. The molecule has 0 spiro atoms. The molecule has 0 aromatic heterocycles. The quantitative estimate of drug-likeness (QED) is 0.173. The first-order chi connectivity index (χ1) is 16.9. The van der Waals surface area contributed by atoms with Crippen LogP contribution < -0.4 is 5.32 Å². The molecule has 1 N–H and O–H groups in total. The fraction of sp³-hybridized carbons (Fsp3) is 1.00. The Kier molecular flexibility index (Phi) is 25.4. The summed E-state index contributed by atoms with van der Waals surface area (Å²) in [5, 5.41) is 3.33. The molecule has 204 valence electrons. The monoisotopic (exact) mass is 493 g/mol. The van der Waals surface area contributed by atoms with Gasteiger partial charge in [-0.2, -0.15) is 0 Å². The van der Waals surface area contributed by atoms with Crippen molar-refractivity contribution in [3.63, 3.8) is 0 Å². The standard InChI is InChI=1S/C25H51NO8/c1-2-3-4-5-10-27-11-12-28-13-14-29-15-16-30-17-18-31-19-20-32-21-22-33-23-24-34-25-6-8-26-9-7-25/h25-26H,2-24H2,1H3. The van der Waals surface area contributed by atoms with Crippen LogP contribution in [0.3, 0.4) is 0 Å². The topological polar surface area (TPSA) is 85.9 Å². The van der Waals surface area contributed by atoms with Gasteiger partial charge in [-0.1, -0.05) is 26.2 Å². The largest absolute Gasteiger partial charge is 0.379 e. The zero-order valence-corrected chi connectivity index (χ0v) is 21.6. The van der Waals surface area contributed by atoms with E-state index in [2.05, 4.69) is 12.2 Å². The Morgan fingerprint density at radius 3 is 1.26 bits per heavy atom. The molecular formula is C25H51NO8. The van der Waals surface area contributed by atoms with Gasteiger partial charge in [-0.15, -0.1) is 0 Å². The highest BCUT2D eigenvalue weighted by Crippen LogP contribution is 2.06. The maximum Gasteiger partial charge on any atom is 0.0704 e. The fourth-order valence-corrected chi connectivity index (χ4v) is 3.29. The second-order valence-corrected chi connectivity index (χ2v) is 8.17. The smallest absolute Gasteiger partial charge is 0.0704 e. The molecular weight excluding hydrogens is 442 g/mol. The minimum atomic E-state index is 0.384. The van der Waals surface area contributed by atoms with E-state index in [0.717, 1.165) is 39.0 Å². The maximum absolute atomic E-state index is 5.78. The number of unbranched alkanes of at least 4 members (excludes halogenated alkanes) is 3. The van der Waals surface area contributed by atoms with Gasteiger partial charge in [0.1, 0.15) is 0 Å². The average Bonchev–Trinajstić information content (AvgIpc) is 2.87. The van der Waals surface area contributed by atoms with Gasteiger partial charge in [0.2, 0.25) is 0 Å². The summed E-state index contributed by atoms with van der Waals surface area (Å²) in [7, 11) is 0. The van der Waals surface area contributed by atoms with Crippen molar-refractivity contribution < 1.29 is 37.9 Å². The molecule has 0 aromatic rings. The van der Waals surface area contributed by atoms with E-state index in [1.54, 1.807) is 0 Å². The average molecular weight is 494 g/mol. The van der Waals surface area contributed by atoms with Crippen LogP contribution in [0.25, 0.3) is 0 Å². The predicted octanol–water partition coefficient (Wildman–Crippen LogP) is 2.45. The van der Waals surface area contributed by atoms with Gasteiger partial charge in [0, 0.05) is 6.61 Å². The number of nitrogens with one attached hydrogen (secondary N) is 1. The second kappa shape index (κ2) is 27.2. The normalized spacial score (nSPS) is 14.7. The Morgan fingerprint density at radius 1 is 0.471 bits per heavy atom. The van der Waals surface area contributed by atoms with Crippen LogP contribution in [-0.4, -0.2) is 118 Å². The minimum Gasteiger partial charge on any atom is -0.379 e. The Bertz CT molecular complexity index is 386.